The minimum absolute atomic E-state index is 0.129. The van der Waals surface area contributed by atoms with Crippen LogP contribution in [0.1, 0.15) is 39.5 Å². The fraction of sp³-hybridized carbons (Fsp3) is 0.684. The van der Waals surface area contributed by atoms with Crippen molar-refractivity contribution >= 4 is 47.3 Å². The van der Waals surface area contributed by atoms with Crippen LogP contribution in [0.25, 0.3) is 0 Å². The third-order valence-electron chi connectivity index (χ3n) is 4.60. The number of hydrogen-bond donors (Lipinski definition) is 7. The first kappa shape index (κ1) is 30.1. The van der Waals surface area contributed by atoms with E-state index in [-0.39, 0.29) is 25.2 Å². The molecule has 0 aliphatic heterocycles. The summed E-state index contributed by atoms with van der Waals surface area (Å²) in [7, 11) is 0. The van der Waals surface area contributed by atoms with Crippen LogP contribution in [0.15, 0.2) is 0 Å². The number of hydrogen-bond acceptors (Lipinski definition) is 8. The maximum absolute atomic E-state index is 12.8. The van der Waals surface area contributed by atoms with Crippen LogP contribution in [-0.2, 0) is 28.8 Å². The third-order valence-corrected chi connectivity index (χ3v) is 5.24. The highest BCUT2D eigenvalue weighted by molar-refractivity contribution is 7.98. The zero-order valence-corrected chi connectivity index (χ0v) is 19.8. The lowest BCUT2D eigenvalue weighted by atomic mass is 10.0. The van der Waals surface area contributed by atoms with Gasteiger partial charge in [-0.1, -0.05) is 13.8 Å². The standard InChI is InChI=1S/C19H34N6O7S/c1-9(2)15(22)18(30)25-12(8-14(21)27)17(29)23-10(6-7-33-3)16(28)24-11(19(31)32)4-5-13(20)26/h9-12,15H,4-8,22H2,1-3H3,(H2,20,26)(H2,21,27)(H,23,29)(H,24,28)(H,25,30)(H,31,32). The van der Waals surface area contributed by atoms with Gasteiger partial charge in [-0.05, 0) is 30.8 Å². The molecule has 0 fully saturated rings. The van der Waals surface area contributed by atoms with Gasteiger partial charge in [-0.3, -0.25) is 24.0 Å². The van der Waals surface area contributed by atoms with Gasteiger partial charge in [0.15, 0.2) is 0 Å². The molecular weight excluding hydrogens is 456 g/mol. The number of nitrogens with one attached hydrogen (secondary N) is 3. The van der Waals surface area contributed by atoms with Crippen molar-refractivity contribution < 1.29 is 33.9 Å². The molecule has 0 aromatic carbocycles. The average molecular weight is 491 g/mol. The Hall–Kier alpha value is -2.87. The number of aliphatic carboxylic acids is 1. The Bertz CT molecular complexity index is 733. The summed E-state index contributed by atoms with van der Waals surface area (Å²) in [6.07, 6.45) is 0.876. The zero-order valence-electron chi connectivity index (χ0n) is 19.0. The smallest absolute Gasteiger partial charge is 0.326 e. The van der Waals surface area contributed by atoms with E-state index in [1.54, 1.807) is 20.1 Å². The van der Waals surface area contributed by atoms with Crippen LogP contribution in [0.4, 0.5) is 0 Å². The quantitative estimate of drug-likeness (QED) is 0.120. The van der Waals surface area contributed by atoms with Crippen LogP contribution < -0.4 is 33.2 Å². The molecule has 0 saturated carbocycles. The molecule has 188 valence electrons. The molecule has 4 atom stereocenters. The van der Waals surface area contributed by atoms with Crippen molar-refractivity contribution in [3.63, 3.8) is 0 Å². The molecular formula is C19H34N6O7S. The van der Waals surface area contributed by atoms with E-state index in [0.717, 1.165) is 0 Å². The highest BCUT2D eigenvalue weighted by atomic mass is 32.2. The second kappa shape index (κ2) is 15.1. The van der Waals surface area contributed by atoms with Gasteiger partial charge in [-0.15, -0.1) is 0 Å². The average Bonchev–Trinajstić information content (AvgIpc) is 2.71. The largest absolute Gasteiger partial charge is 0.480 e. The predicted octanol–water partition coefficient (Wildman–Crippen LogP) is -2.60. The predicted molar refractivity (Wildman–Crippen MR) is 121 cm³/mol. The minimum atomic E-state index is -1.40. The topological polar surface area (TPSA) is 237 Å². The molecule has 0 bridgehead atoms. The molecule has 0 aromatic rings. The van der Waals surface area contributed by atoms with Crippen molar-refractivity contribution in [2.45, 2.75) is 63.7 Å². The maximum atomic E-state index is 12.8. The molecule has 10 N–H and O–H groups in total. The van der Waals surface area contributed by atoms with E-state index in [4.69, 9.17) is 17.2 Å². The molecule has 33 heavy (non-hydrogen) atoms. The monoisotopic (exact) mass is 490 g/mol. The minimum Gasteiger partial charge on any atom is -0.480 e. The van der Waals surface area contributed by atoms with Crippen LogP contribution in [0.2, 0.25) is 0 Å². The van der Waals surface area contributed by atoms with Gasteiger partial charge in [0, 0.05) is 6.42 Å². The summed E-state index contributed by atoms with van der Waals surface area (Å²) in [5.41, 5.74) is 16.0. The summed E-state index contributed by atoms with van der Waals surface area (Å²) in [5.74, 6) is -5.11. The molecule has 0 heterocycles. The zero-order chi connectivity index (χ0) is 25.7. The van der Waals surface area contributed by atoms with Crippen LogP contribution >= 0.6 is 11.8 Å². The molecule has 0 aromatic heterocycles. The van der Waals surface area contributed by atoms with Gasteiger partial charge in [-0.25, -0.2) is 4.79 Å². The summed E-state index contributed by atoms with van der Waals surface area (Å²) >= 11 is 1.38. The van der Waals surface area contributed by atoms with Gasteiger partial charge < -0.3 is 38.3 Å². The Morgan fingerprint density at radius 2 is 1.33 bits per heavy atom. The van der Waals surface area contributed by atoms with Crippen LogP contribution in [0.5, 0.6) is 0 Å². The van der Waals surface area contributed by atoms with E-state index < -0.39 is 66.1 Å². The van der Waals surface area contributed by atoms with E-state index in [2.05, 4.69) is 16.0 Å². The molecule has 14 heteroatoms. The number of amides is 5. The van der Waals surface area contributed by atoms with E-state index in [1.165, 1.54) is 11.8 Å². The van der Waals surface area contributed by atoms with Crippen molar-refractivity contribution in [1.82, 2.24) is 16.0 Å². The van der Waals surface area contributed by atoms with Crippen molar-refractivity contribution in [3.05, 3.63) is 0 Å². The van der Waals surface area contributed by atoms with Crippen molar-refractivity contribution in [2.75, 3.05) is 12.0 Å². The lowest BCUT2D eigenvalue weighted by Gasteiger charge is -2.25. The van der Waals surface area contributed by atoms with Gasteiger partial charge >= 0.3 is 5.97 Å². The Labute approximate surface area is 196 Å². The van der Waals surface area contributed by atoms with E-state index in [1.807, 2.05) is 0 Å². The highest BCUT2D eigenvalue weighted by Crippen LogP contribution is 2.06. The highest BCUT2D eigenvalue weighted by Gasteiger charge is 2.31. The summed E-state index contributed by atoms with van der Waals surface area (Å²) in [4.78, 5) is 71.5. The van der Waals surface area contributed by atoms with E-state index >= 15 is 0 Å². The lowest BCUT2D eigenvalue weighted by Crippen LogP contribution is -2.58. The first-order valence-electron chi connectivity index (χ1n) is 10.2. The van der Waals surface area contributed by atoms with Gasteiger partial charge in [0.1, 0.15) is 18.1 Å². The number of thioether (sulfide) groups is 1. The third kappa shape index (κ3) is 12.1. The molecule has 4 unspecified atom stereocenters. The molecule has 5 amide bonds. The molecule has 0 spiro atoms. The van der Waals surface area contributed by atoms with Crippen molar-refractivity contribution in [2.24, 2.45) is 23.1 Å². The van der Waals surface area contributed by atoms with Crippen molar-refractivity contribution in [3.8, 4) is 0 Å². The van der Waals surface area contributed by atoms with Gasteiger partial charge in [-0.2, -0.15) is 11.8 Å². The first-order valence-corrected chi connectivity index (χ1v) is 11.6. The Morgan fingerprint density at radius 1 is 0.818 bits per heavy atom. The molecule has 0 aliphatic rings. The Kier molecular flexibility index (Phi) is 13.7. The molecule has 0 aliphatic carbocycles. The number of nitrogens with two attached hydrogens (primary N) is 3. The second-order valence-corrected chi connectivity index (χ2v) is 8.73. The number of rotatable bonds is 16. The summed E-state index contributed by atoms with van der Waals surface area (Å²) in [5, 5.41) is 16.3. The normalized spacial score (nSPS) is 14.5. The van der Waals surface area contributed by atoms with Gasteiger partial charge in [0.25, 0.3) is 0 Å². The van der Waals surface area contributed by atoms with E-state index in [0.29, 0.717) is 5.75 Å². The number of carboxylic acid groups (broad SMARTS) is 1. The first-order chi connectivity index (χ1) is 15.3. The summed E-state index contributed by atoms with van der Waals surface area (Å²) in [6.45, 7) is 3.40. The number of carbonyl (C=O) groups excluding carboxylic acids is 5. The number of primary amides is 2. The molecule has 0 saturated heterocycles. The maximum Gasteiger partial charge on any atom is 0.326 e. The second-order valence-electron chi connectivity index (χ2n) is 7.75. The Morgan fingerprint density at radius 3 is 1.79 bits per heavy atom. The van der Waals surface area contributed by atoms with Crippen LogP contribution in [0.3, 0.4) is 0 Å². The lowest BCUT2D eigenvalue weighted by molar-refractivity contribution is -0.142. The summed E-state index contributed by atoms with van der Waals surface area (Å²) < 4.78 is 0. The Balaban J connectivity index is 5.49. The number of carbonyl (C=O) groups is 6. The SMILES string of the molecule is CSCCC(NC(=O)C(CC(N)=O)NC(=O)C(N)C(C)C)C(=O)NC(CCC(N)=O)C(=O)O. The van der Waals surface area contributed by atoms with Crippen molar-refractivity contribution in [1.29, 1.82) is 0 Å². The summed E-state index contributed by atoms with van der Waals surface area (Å²) in [6, 6.07) is -4.89. The van der Waals surface area contributed by atoms with Gasteiger partial charge in [0.2, 0.25) is 29.5 Å². The van der Waals surface area contributed by atoms with Crippen LogP contribution in [-0.4, -0.2) is 76.8 Å². The fourth-order valence-corrected chi connectivity index (χ4v) is 3.05. The molecule has 13 nitrogen and oxygen atoms in total. The number of carboxylic acids is 1. The fourth-order valence-electron chi connectivity index (χ4n) is 2.57. The van der Waals surface area contributed by atoms with E-state index in [9.17, 15) is 33.9 Å². The van der Waals surface area contributed by atoms with Gasteiger partial charge in [0.05, 0.1) is 12.5 Å². The van der Waals surface area contributed by atoms with Crippen LogP contribution in [0, 0.1) is 5.92 Å². The molecule has 0 rings (SSSR count). The molecule has 0 radical (unpaired) electrons.